The SMILES string of the molecule is CCCCC(NC(=O)c1[nH]c2c(c1C)C(=O)CC(C)(C)C2)C(=O)Nc1ccc(OC2CCCCC2)nc1. The molecule has 0 saturated heterocycles. The molecule has 2 heterocycles. The highest BCUT2D eigenvalue weighted by Crippen LogP contribution is 2.36. The summed E-state index contributed by atoms with van der Waals surface area (Å²) in [6.07, 6.45) is 10.9. The lowest BCUT2D eigenvalue weighted by Gasteiger charge is -2.28. The van der Waals surface area contributed by atoms with Crippen molar-refractivity contribution in [1.82, 2.24) is 15.3 Å². The molecule has 1 fully saturated rings. The van der Waals surface area contributed by atoms with Crippen molar-refractivity contribution in [2.24, 2.45) is 5.41 Å². The molecule has 0 aliphatic heterocycles. The Balaban J connectivity index is 1.42. The number of hydrogen-bond acceptors (Lipinski definition) is 5. The lowest BCUT2D eigenvalue weighted by Crippen LogP contribution is -2.44. The Kier molecular flexibility index (Phi) is 8.35. The van der Waals surface area contributed by atoms with Crippen LogP contribution in [0, 0.1) is 12.3 Å². The molecule has 2 aliphatic carbocycles. The summed E-state index contributed by atoms with van der Waals surface area (Å²) >= 11 is 0. The number of nitrogens with one attached hydrogen (secondary N) is 3. The summed E-state index contributed by atoms with van der Waals surface area (Å²) in [6.45, 7) is 7.95. The molecule has 37 heavy (non-hydrogen) atoms. The highest BCUT2D eigenvalue weighted by atomic mass is 16.5. The van der Waals surface area contributed by atoms with Gasteiger partial charge in [0.1, 0.15) is 17.8 Å². The van der Waals surface area contributed by atoms with E-state index in [0.29, 0.717) is 47.7 Å². The molecule has 0 bridgehead atoms. The molecule has 3 N–H and O–H groups in total. The molecule has 200 valence electrons. The second-order valence-electron chi connectivity index (χ2n) is 11.3. The van der Waals surface area contributed by atoms with E-state index < -0.39 is 6.04 Å². The van der Waals surface area contributed by atoms with E-state index in [1.54, 1.807) is 25.3 Å². The lowest BCUT2D eigenvalue weighted by molar-refractivity contribution is -0.118. The first-order valence-corrected chi connectivity index (χ1v) is 13.7. The van der Waals surface area contributed by atoms with Gasteiger partial charge in [-0.05, 0) is 62.5 Å². The number of ether oxygens (including phenoxy) is 1. The molecule has 0 spiro atoms. The Morgan fingerprint density at radius 3 is 2.62 bits per heavy atom. The maximum absolute atomic E-state index is 13.3. The van der Waals surface area contributed by atoms with Gasteiger partial charge in [0.25, 0.3) is 5.91 Å². The minimum atomic E-state index is -0.711. The fourth-order valence-corrected chi connectivity index (χ4v) is 5.47. The number of amides is 2. The van der Waals surface area contributed by atoms with Crippen molar-refractivity contribution in [3.63, 3.8) is 0 Å². The maximum atomic E-state index is 13.3. The Labute approximate surface area is 219 Å². The molecule has 0 aromatic carbocycles. The van der Waals surface area contributed by atoms with E-state index in [1.807, 2.05) is 6.92 Å². The fraction of sp³-hybridized carbons (Fsp3) is 0.586. The van der Waals surface area contributed by atoms with Crippen molar-refractivity contribution < 1.29 is 19.1 Å². The van der Waals surface area contributed by atoms with Gasteiger partial charge in [0, 0.05) is 23.7 Å². The summed E-state index contributed by atoms with van der Waals surface area (Å²) in [5.74, 6) is -0.0498. The van der Waals surface area contributed by atoms with Gasteiger partial charge in [-0.1, -0.05) is 40.0 Å². The third-order valence-corrected chi connectivity index (χ3v) is 7.44. The number of ketones is 1. The quantitative estimate of drug-likeness (QED) is 0.413. The molecule has 4 rings (SSSR count). The van der Waals surface area contributed by atoms with E-state index in [0.717, 1.165) is 31.4 Å². The molecule has 2 amide bonds. The number of hydrogen-bond donors (Lipinski definition) is 3. The van der Waals surface area contributed by atoms with Crippen LogP contribution in [-0.4, -0.2) is 39.7 Å². The van der Waals surface area contributed by atoms with Crippen molar-refractivity contribution >= 4 is 23.3 Å². The monoisotopic (exact) mass is 508 g/mol. The molecular weight excluding hydrogens is 468 g/mol. The number of unbranched alkanes of at least 4 members (excludes halogenated alkanes) is 1. The van der Waals surface area contributed by atoms with Crippen molar-refractivity contribution in [1.29, 1.82) is 0 Å². The minimum absolute atomic E-state index is 0.0581. The lowest BCUT2D eigenvalue weighted by atomic mass is 9.75. The number of rotatable bonds is 9. The topological polar surface area (TPSA) is 113 Å². The van der Waals surface area contributed by atoms with Crippen LogP contribution in [0.25, 0.3) is 0 Å². The Morgan fingerprint density at radius 1 is 1.19 bits per heavy atom. The molecule has 8 heteroatoms. The van der Waals surface area contributed by atoms with Gasteiger partial charge < -0.3 is 20.4 Å². The summed E-state index contributed by atoms with van der Waals surface area (Å²) in [7, 11) is 0. The van der Waals surface area contributed by atoms with Crippen molar-refractivity contribution in [3.05, 3.63) is 40.8 Å². The van der Waals surface area contributed by atoms with Gasteiger partial charge in [-0.2, -0.15) is 0 Å². The zero-order chi connectivity index (χ0) is 26.6. The zero-order valence-corrected chi connectivity index (χ0v) is 22.5. The van der Waals surface area contributed by atoms with Crippen molar-refractivity contribution in [3.8, 4) is 5.88 Å². The van der Waals surface area contributed by atoms with Gasteiger partial charge in [-0.25, -0.2) is 4.98 Å². The van der Waals surface area contributed by atoms with E-state index in [2.05, 4.69) is 34.4 Å². The van der Waals surface area contributed by atoms with Crippen LogP contribution in [0.15, 0.2) is 18.3 Å². The first kappa shape index (κ1) is 26.9. The van der Waals surface area contributed by atoms with Crippen LogP contribution in [0.1, 0.15) is 111 Å². The third-order valence-electron chi connectivity index (χ3n) is 7.44. The van der Waals surface area contributed by atoms with Gasteiger partial charge >= 0.3 is 0 Å². The number of pyridine rings is 1. The van der Waals surface area contributed by atoms with Crippen LogP contribution in [-0.2, 0) is 11.2 Å². The van der Waals surface area contributed by atoms with Crippen LogP contribution in [0.2, 0.25) is 0 Å². The Morgan fingerprint density at radius 2 is 1.95 bits per heavy atom. The first-order chi connectivity index (χ1) is 17.7. The predicted octanol–water partition coefficient (Wildman–Crippen LogP) is 5.51. The maximum Gasteiger partial charge on any atom is 0.268 e. The van der Waals surface area contributed by atoms with Crippen LogP contribution in [0.4, 0.5) is 5.69 Å². The van der Waals surface area contributed by atoms with E-state index in [9.17, 15) is 14.4 Å². The third kappa shape index (κ3) is 6.59. The number of aromatic amines is 1. The summed E-state index contributed by atoms with van der Waals surface area (Å²) < 4.78 is 5.98. The second kappa shape index (κ2) is 11.5. The molecule has 2 aromatic rings. The number of nitrogens with zero attached hydrogens (tertiary/aromatic N) is 1. The normalized spacial score (nSPS) is 18.1. The van der Waals surface area contributed by atoms with Crippen LogP contribution < -0.4 is 15.4 Å². The number of carbonyl (C=O) groups excluding carboxylic acids is 3. The number of carbonyl (C=O) groups is 3. The number of fused-ring (bicyclic) bond motifs is 1. The molecule has 1 unspecified atom stereocenters. The van der Waals surface area contributed by atoms with Crippen molar-refractivity contribution in [2.45, 2.75) is 104 Å². The van der Waals surface area contributed by atoms with E-state index in [4.69, 9.17) is 4.74 Å². The zero-order valence-electron chi connectivity index (χ0n) is 22.5. The van der Waals surface area contributed by atoms with E-state index >= 15 is 0 Å². The summed E-state index contributed by atoms with van der Waals surface area (Å²) in [5, 5.41) is 5.78. The summed E-state index contributed by atoms with van der Waals surface area (Å²) in [5.41, 5.74) is 2.84. The molecule has 0 radical (unpaired) electrons. The molecule has 2 aromatic heterocycles. The number of anilines is 1. The van der Waals surface area contributed by atoms with Gasteiger partial charge in [0.05, 0.1) is 11.9 Å². The van der Waals surface area contributed by atoms with E-state index in [-0.39, 0.29) is 29.1 Å². The summed E-state index contributed by atoms with van der Waals surface area (Å²) in [6, 6.07) is 2.84. The highest BCUT2D eigenvalue weighted by molar-refractivity contribution is 6.06. The van der Waals surface area contributed by atoms with Gasteiger partial charge in [0.15, 0.2) is 5.78 Å². The molecule has 1 atom stereocenters. The average molecular weight is 509 g/mol. The molecular formula is C29H40N4O4. The Hall–Kier alpha value is -3.16. The smallest absolute Gasteiger partial charge is 0.268 e. The largest absolute Gasteiger partial charge is 0.474 e. The average Bonchev–Trinajstić information content (AvgIpc) is 3.18. The number of aromatic nitrogens is 2. The number of H-pyrrole nitrogens is 1. The van der Waals surface area contributed by atoms with Gasteiger partial charge in [-0.3, -0.25) is 14.4 Å². The Bertz CT molecular complexity index is 1130. The van der Waals surface area contributed by atoms with Gasteiger partial charge in [0.2, 0.25) is 11.8 Å². The van der Waals surface area contributed by atoms with Crippen LogP contribution in [0.5, 0.6) is 5.88 Å². The number of Topliss-reactive ketones (excluding diaryl/α,β-unsaturated/α-hetero) is 1. The molecule has 8 nitrogen and oxygen atoms in total. The predicted molar refractivity (Wildman–Crippen MR) is 143 cm³/mol. The molecule has 2 aliphatic rings. The molecule has 1 saturated carbocycles. The standard InChI is InChI=1S/C29H40N4O4/c1-5-6-12-21(27(35)31-19-13-14-24(30-17-19)37-20-10-8-7-9-11-20)33-28(36)26-18(2)25-22(32-26)15-29(3,4)16-23(25)34/h13-14,17,20-21,32H,5-12,15-16H2,1-4H3,(H,31,35)(H,33,36). The highest BCUT2D eigenvalue weighted by Gasteiger charge is 2.35. The van der Waals surface area contributed by atoms with Crippen LogP contribution >= 0.6 is 0 Å². The van der Waals surface area contributed by atoms with Gasteiger partial charge in [-0.15, -0.1) is 0 Å². The van der Waals surface area contributed by atoms with E-state index in [1.165, 1.54) is 19.3 Å². The second-order valence-corrected chi connectivity index (χ2v) is 11.3. The first-order valence-electron chi connectivity index (χ1n) is 13.7. The minimum Gasteiger partial charge on any atom is -0.474 e. The van der Waals surface area contributed by atoms with Crippen LogP contribution in [0.3, 0.4) is 0 Å². The van der Waals surface area contributed by atoms with Crippen molar-refractivity contribution in [2.75, 3.05) is 5.32 Å². The summed E-state index contributed by atoms with van der Waals surface area (Å²) in [4.78, 5) is 46.7. The fourth-order valence-electron chi connectivity index (χ4n) is 5.47.